The van der Waals surface area contributed by atoms with E-state index < -0.39 is 0 Å². The lowest BCUT2D eigenvalue weighted by molar-refractivity contribution is -0.917. The summed E-state index contributed by atoms with van der Waals surface area (Å²) in [5, 5.41) is 0. The number of carbonyl (C=O) groups is 1. The van der Waals surface area contributed by atoms with Crippen LogP contribution in [-0.4, -0.2) is 55.1 Å². The summed E-state index contributed by atoms with van der Waals surface area (Å²) in [5.74, 6) is 1.53. The van der Waals surface area contributed by atoms with Crippen LogP contribution >= 0.6 is 0 Å². The Morgan fingerprint density at radius 3 is 2.54 bits per heavy atom. The molecular formula is C21H34NO4+. The van der Waals surface area contributed by atoms with Gasteiger partial charge in [0.1, 0.15) is 42.9 Å². The van der Waals surface area contributed by atoms with Gasteiger partial charge in [0.15, 0.2) is 0 Å². The molecule has 2 saturated carbocycles. The van der Waals surface area contributed by atoms with E-state index in [0.717, 1.165) is 38.9 Å². The average molecular weight is 365 g/mol. The molecule has 5 aliphatic rings. The fourth-order valence-electron chi connectivity index (χ4n) is 7.15. The Labute approximate surface area is 156 Å². The molecule has 3 heterocycles. The molecule has 0 aromatic rings. The maximum atomic E-state index is 13.1. The van der Waals surface area contributed by atoms with E-state index in [1.54, 1.807) is 0 Å². The fraction of sp³-hybridized carbons (Fsp3) is 0.952. The van der Waals surface area contributed by atoms with Gasteiger partial charge >= 0.3 is 5.97 Å². The van der Waals surface area contributed by atoms with Crippen molar-refractivity contribution >= 4 is 5.97 Å². The van der Waals surface area contributed by atoms with Crippen LogP contribution in [0, 0.1) is 23.7 Å². The van der Waals surface area contributed by atoms with Gasteiger partial charge in [-0.1, -0.05) is 6.92 Å². The Morgan fingerprint density at radius 2 is 1.81 bits per heavy atom. The summed E-state index contributed by atoms with van der Waals surface area (Å²) in [6.45, 7) is 11.7. The van der Waals surface area contributed by atoms with Crippen LogP contribution in [-0.2, 0) is 19.0 Å². The van der Waals surface area contributed by atoms with Crippen molar-refractivity contribution in [3.05, 3.63) is 0 Å². The van der Waals surface area contributed by atoms with Crippen LogP contribution in [0.2, 0.25) is 0 Å². The zero-order valence-electron chi connectivity index (χ0n) is 16.6. The third-order valence-electron chi connectivity index (χ3n) is 8.22. The van der Waals surface area contributed by atoms with Crippen molar-refractivity contribution in [1.82, 2.24) is 0 Å². The minimum atomic E-state index is -0.338. The number of epoxide rings is 1. The zero-order chi connectivity index (χ0) is 18.3. The molecule has 0 radical (unpaired) electrons. The monoisotopic (exact) mass is 364 g/mol. The highest BCUT2D eigenvalue weighted by molar-refractivity contribution is 5.77. The third kappa shape index (κ3) is 2.36. The van der Waals surface area contributed by atoms with Gasteiger partial charge in [-0.2, -0.15) is 0 Å². The standard InChI is InChI=1S/C21H33NO4/c1-12-5-6-17-15(11-22-9-13(2)24-14(3)10-22)18(23)25-21(17)16(12)7-8-20(4)19(21)26-20/h12-17,19H,5-11H2,1-4H3/p+1/t12-,13-,14+,15+,16+,17+,19-,20-,21-/m1/s1. The van der Waals surface area contributed by atoms with Crippen molar-refractivity contribution in [2.45, 2.75) is 82.9 Å². The zero-order valence-corrected chi connectivity index (χ0v) is 16.6. The summed E-state index contributed by atoms with van der Waals surface area (Å²) >= 11 is 0. The van der Waals surface area contributed by atoms with E-state index in [2.05, 4.69) is 27.7 Å². The molecule has 10 atom stereocenters. The summed E-state index contributed by atoms with van der Waals surface area (Å²) in [6, 6.07) is 0. The highest BCUT2D eigenvalue weighted by Crippen LogP contribution is 2.66. The molecule has 1 N–H and O–H groups in total. The van der Waals surface area contributed by atoms with E-state index in [1.165, 1.54) is 11.3 Å². The first-order chi connectivity index (χ1) is 12.3. The van der Waals surface area contributed by atoms with E-state index in [9.17, 15) is 4.79 Å². The lowest BCUT2D eigenvalue weighted by Crippen LogP contribution is -3.16. The van der Waals surface area contributed by atoms with Gasteiger partial charge in [-0.3, -0.25) is 4.79 Å². The van der Waals surface area contributed by atoms with Crippen LogP contribution < -0.4 is 4.90 Å². The van der Waals surface area contributed by atoms with Crippen molar-refractivity contribution in [2.24, 2.45) is 23.7 Å². The Kier molecular flexibility index (Phi) is 3.81. The smallest absolute Gasteiger partial charge is 0.315 e. The molecule has 5 nitrogen and oxygen atoms in total. The highest BCUT2D eigenvalue weighted by atomic mass is 16.7. The number of nitrogens with one attached hydrogen (secondary N) is 1. The number of fused-ring (bicyclic) bond motifs is 1. The van der Waals surface area contributed by atoms with Crippen LogP contribution in [0.1, 0.15) is 53.4 Å². The highest BCUT2D eigenvalue weighted by Gasteiger charge is 2.77. The summed E-state index contributed by atoms with van der Waals surface area (Å²) in [6.07, 6.45) is 5.26. The number of carbonyl (C=O) groups excluding carboxylic acids is 1. The number of morpholine rings is 1. The molecule has 0 aromatic heterocycles. The minimum absolute atomic E-state index is 0.0315. The SMILES string of the molecule is C[C@@H]1C[NH+](C[C@@H]2C(=O)O[C@@]34[C@@H](CC[C@@]5(C)O[C@@H]35)[C@H](C)CC[C@@H]24)C[C@H](C)O1. The second kappa shape index (κ2) is 5.68. The Hall–Kier alpha value is -0.650. The Morgan fingerprint density at radius 1 is 1.08 bits per heavy atom. The fourth-order valence-corrected chi connectivity index (χ4v) is 7.15. The van der Waals surface area contributed by atoms with Gasteiger partial charge in [0.2, 0.25) is 0 Å². The lowest BCUT2D eigenvalue weighted by atomic mass is 9.55. The number of hydrogen-bond donors (Lipinski definition) is 1. The number of esters is 1. The van der Waals surface area contributed by atoms with Crippen molar-refractivity contribution in [3.8, 4) is 0 Å². The minimum Gasteiger partial charge on any atom is -0.455 e. The van der Waals surface area contributed by atoms with E-state index in [-0.39, 0.29) is 41.4 Å². The van der Waals surface area contributed by atoms with Crippen LogP contribution in [0.15, 0.2) is 0 Å². The molecular weight excluding hydrogens is 330 g/mol. The second-order valence-electron chi connectivity index (χ2n) is 10.1. The first-order valence-corrected chi connectivity index (χ1v) is 10.7. The number of quaternary nitrogens is 1. The van der Waals surface area contributed by atoms with Crippen LogP contribution in [0.5, 0.6) is 0 Å². The van der Waals surface area contributed by atoms with Crippen LogP contribution in [0.4, 0.5) is 0 Å². The molecule has 3 aliphatic heterocycles. The van der Waals surface area contributed by atoms with Crippen molar-refractivity contribution < 1.29 is 23.9 Å². The molecule has 3 saturated heterocycles. The van der Waals surface area contributed by atoms with Crippen LogP contribution in [0.3, 0.4) is 0 Å². The van der Waals surface area contributed by atoms with Gasteiger partial charge in [-0.25, -0.2) is 0 Å². The maximum Gasteiger partial charge on any atom is 0.315 e. The number of hydrogen-bond acceptors (Lipinski definition) is 4. The third-order valence-corrected chi connectivity index (χ3v) is 8.22. The van der Waals surface area contributed by atoms with Crippen molar-refractivity contribution in [2.75, 3.05) is 19.6 Å². The van der Waals surface area contributed by atoms with Gasteiger partial charge in [0.25, 0.3) is 0 Å². The molecule has 1 spiro atoms. The van der Waals surface area contributed by atoms with E-state index in [0.29, 0.717) is 17.8 Å². The first-order valence-electron chi connectivity index (χ1n) is 10.7. The predicted molar refractivity (Wildman–Crippen MR) is 95.8 cm³/mol. The predicted octanol–water partition coefficient (Wildman–Crippen LogP) is 1.20. The maximum absolute atomic E-state index is 13.1. The van der Waals surface area contributed by atoms with E-state index in [4.69, 9.17) is 14.2 Å². The normalized spacial score (nSPS) is 58.4. The second-order valence-corrected chi connectivity index (χ2v) is 10.1. The van der Waals surface area contributed by atoms with Gasteiger partial charge in [-0.15, -0.1) is 0 Å². The summed E-state index contributed by atoms with van der Waals surface area (Å²) in [7, 11) is 0. The van der Waals surface area contributed by atoms with Crippen molar-refractivity contribution in [1.29, 1.82) is 0 Å². The summed E-state index contributed by atoms with van der Waals surface area (Å²) in [4.78, 5) is 14.6. The molecule has 0 aromatic carbocycles. The van der Waals surface area contributed by atoms with Gasteiger partial charge < -0.3 is 19.1 Å². The number of rotatable bonds is 2. The molecule has 0 bridgehead atoms. The summed E-state index contributed by atoms with van der Waals surface area (Å²) in [5.41, 5.74) is -0.384. The average Bonchev–Trinajstić information content (AvgIpc) is 3.18. The topological polar surface area (TPSA) is 52.5 Å². The van der Waals surface area contributed by atoms with Crippen LogP contribution in [0.25, 0.3) is 0 Å². The van der Waals surface area contributed by atoms with Gasteiger partial charge in [0.05, 0.1) is 12.1 Å². The van der Waals surface area contributed by atoms with Gasteiger partial charge in [-0.05, 0) is 52.4 Å². The molecule has 1 unspecified atom stereocenters. The van der Waals surface area contributed by atoms with Crippen molar-refractivity contribution in [3.63, 3.8) is 0 Å². The molecule has 5 fully saturated rings. The molecule has 0 amide bonds. The Bertz CT molecular complexity index is 601. The number of ether oxygens (including phenoxy) is 3. The lowest BCUT2D eigenvalue weighted by Gasteiger charge is -2.50. The molecule has 146 valence electrons. The summed E-state index contributed by atoms with van der Waals surface area (Å²) < 4.78 is 18.4. The van der Waals surface area contributed by atoms with Gasteiger partial charge in [0, 0.05) is 11.8 Å². The molecule has 26 heavy (non-hydrogen) atoms. The van der Waals surface area contributed by atoms with E-state index in [1.807, 2.05) is 0 Å². The molecule has 2 aliphatic carbocycles. The van der Waals surface area contributed by atoms with E-state index >= 15 is 0 Å². The largest absolute Gasteiger partial charge is 0.455 e. The first kappa shape index (κ1) is 17.4. The quantitative estimate of drug-likeness (QED) is 0.591. The Balaban J connectivity index is 1.42. The molecule has 5 heteroatoms. The molecule has 5 rings (SSSR count).